The maximum absolute atomic E-state index is 12.7. The smallest absolute Gasteiger partial charge is 0.222 e. The van der Waals surface area contributed by atoms with Gasteiger partial charge in [0.1, 0.15) is 11.6 Å². The third-order valence-corrected chi connectivity index (χ3v) is 7.90. The molecule has 6 nitrogen and oxygen atoms in total. The maximum atomic E-state index is 12.7. The minimum atomic E-state index is 0.339. The normalized spacial score (nSPS) is 19.7. The van der Waals surface area contributed by atoms with Crippen molar-refractivity contribution in [3.05, 3.63) is 47.2 Å². The molecule has 33 heavy (non-hydrogen) atoms. The Hall–Kier alpha value is -2.50. The van der Waals surface area contributed by atoms with Crippen LogP contribution in [0.3, 0.4) is 0 Å². The Kier molecular flexibility index (Phi) is 6.88. The molecular weight excluding hydrogens is 410 g/mol. The summed E-state index contributed by atoms with van der Waals surface area (Å²) in [7, 11) is 0. The lowest BCUT2D eigenvalue weighted by Crippen LogP contribution is -2.38. The van der Waals surface area contributed by atoms with Crippen LogP contribution in [0.25, 0.3) is 0 Å². The van der Waals surface area contributed by atoms with E-state index < -0.39 is 0 Å². The predicted molar refractivity (Wildman–Crippen MR) is 130 cm³/mol. The summed E-state index contributed by atoms with van der Waals surface area (Å²) in [5, 5.41) is 0. The number of hydrogen-bond donors (Lipinski definition) is 0. The van der Waals surface area contributed by atoms with E-state index >= 15 is 0 Å². The van der Waals surface area contributed by atoms with E-state index in [1.54, 1.807) is 0 Å². The molecule has 1 aliphatic carbocycles. The molecule has 0 aromatic carbocycles. The number of pyridine rings is 1. The van der Waals surface area contributed by atoms with Gasteiger partial charge in [-0.25, -0.2) is 9.97 Å². The Balaban J connectivity index is 1.23. The fourth-order valence-electron chi connectivity index (χ4n) is 5.90. The van der Waals surface area contributed by atoms with E-state index in [1.807, 2.05) is 18.3 Å². The molecule has 1 saturated carbocycles. The van der Waals surface area contributed by atoms with Crippen LogP contribution in [0.2, 0.25) is 0 Å². The van der Waals surface area contributed by atoms with E-state index in [4.69, 9.17) is 9.97 Å². The van der Waals surface area contributed by atoms with Gasteiger partial charge in [0, 0.05) is 49.4 Å². The molecule has 1 saturated heterocycles. The second-order valence-corrected chi connectivity index (χ2v) is 10.2. The molecule has 0 atom stereocenters. The molecule has 4 heterocycles. The Morgan fingerprint density at radius 3 is 2.61 bits per heavy atom. The standard InChI is InChI=1S/C27H37N5O/c1-20-24-10-6-16-32(19-23-9-4-5-15-28-23)27(24)30-26(29-20)22-13-17-31(18-14-22)25(33)12-11-21-7-2-3-8-21/h4-5,9,15,21-22H,2-3,6-8,10-14,16-19H2,1H3. The quantitative estimate of drug-likeness (QED) is 0.636. The SMILES string of the molecule is Cc1nc(C2CCN(C(=O)CCC3CCCC3)CC2)nc2c1CCCN2Cc1ccccn1. The van der Waals surface area contributed by atoms with Crippen LogP contribution in [0.15, 0.2) is 24.4 Å². The number of nitrogens with zero attached hydrogens (tertiary/aromatic N) is 5. The molecule has 0 bridgehead atoms. The number of carbonyl (C=O) groups excluding carboxylic acids is 1. The lowest BCUT2D eigenvalue weighted by Gasteiger charge is -2.34. The van der Waals surface area contributed by atoms with Crippen LogP contribution in [-0.2, 0) is 17.8 Å². The first-order valence-corrected chi connectivity index (χ1v) is 13.0. The zero-order valence-electron chi connectivity index (χ0n) is 20.0. The monoisotopic (exact) mass is 447 g/mol. The zero-order valence-corrected chi connectivity index (χ0v) is 20.0. The molecule has 3 aliphatic rings. The van der Waals surface area contributed by atoms with Crippen molar-refractivity contribution in [2.45, 2.75) is 83.6 Å². The first kappa shape index (κ1) is 22.3. The molecular formula is C27H37N5O. The largest absolute Gasteiger partial charge is 0.350 e. The molecule has 2 aromatic rings. The Labute approximate surface area is 197 Å². The first-order chi connectivity index (χ1) is 16.2. The molecule has 2 aromatic heterocycles. The highest BCUT2D eigenvalue weighted by molar-refractivity contribution is 5.76. The average Bonchev–Trinajstić information content (AvgIpc) is 3.37. The minimum absolute atomic E-state index is 0.339. The molecule has 2 aliphatic heterocycles. The van der Waals surface area contributed by atoms with Crippen LogP contribution in [0.5, 0.6) is 0 Å². The van der Waals surface area contributed by atoms with Crippen molar-refractivity contribution in [3.63, 3.8) is 0 Å². The van der Waals surface area contributed by atoms with Gasteiger partial charge in [-0.3, -0.25) is 9.78 Å². The zero-order chi connectivity index (χ0) is 22.6. The predicted octanol–water partition coefficient (Wildman–Crippen LogP) is 4.81. The summed E-state index contributed by atoms with van der Waals surface area (Å²) in [6.07, 6.45) is 13.1. The lowest BCUT2D eigenvalue weighted by atomic mass is 9.94. The second kappa shape index (κ2) is 10.2. The third-order valence-electron chi connectivity index (χ3n) is 7.90. The molecule has 176 valence electrons. The molecule has 0 unspecified atom stereocenters. The number of aromatic nitrogens is 3. The summed E-state index contributed by atoms with van der Waals surface area (Å²) < 4.78 is 0. The van der Waals surface area contributed by atoms with E-state index in [-0.39, 0.29) is 0 Å². The van der Waals surface area contributed by atoms with Crippen LogP contribution in [0, 0.1) is 12.8 Å². The van der Waals surface area contributed by atoms with Crippen molar-refractivity contribution < 1.29 is 4.79 Å². The number of carbonyl (C=O) groups is 1. The maximum Gasteiger partial charge on any atom is 0.222 e. The van der Waals surface area contributed by atoms with Gasteiger partial charge in [0.25, 0.3) is 0 Å². The number of anilines is 1. The van der Waals surface area contributed by atoms with Crippen molar-refractivity contribution in [1.29, 1.82) is 0 Å². The third kappa shape index (κ3) is 5.20. The van der Waals surface area contributed by atoms with E-state index in [0.717, 1.165) is 93.7 Å². The van der Waals surface area contributed by atoms with Crippen LogP contribution in [-0.4, -0.2) is 45.4 Å². The highest BCUT2D eigenvalue weighted by Crippen LogP contribution is 2.33. The molecule has 1 amide bonds. The fraction of sp³-hybridized carbons (Fsp3) is 0.630. The van der Waals surface area contributed by atoms with Gasteiger partial charge in [0.15, 0.2) is 0 Å². The van der Waals surface area contributed by atoms with Gasteiger partial charge in [-0.1, -0.05) is 31.7 Å². The summed E-state index contributed by atoms with van der Waals surface area (Å²) in [6.45, 7) is 5.61. The van der Waals surface area contributed by atoms with Crippen LogP contribution < -0.4 is 4.90 Å². The summed E-state index contributed by atoms with van der Waals surface area (Å²) in [5.74, 6) is 3.55. The van der Waals surface area contributed by atoms with Crippen molar-refractivity contribution in [2.24, 2.45) is 5.92 Å². The van der Waals surface area contributed by atoms with Crippen molar-refractivity contribution >= 4 is 11.7 Å². The summed E-state index contributed by atoms with van der Waals surface area (Å²) in [5.41, 5.74) is 3.49. The van der Waals surface area contributed by atoms with Crippen LogP contribution >= 0.6 is 0 Å². The van der Waals surface area contributed by atoms with Gasteiger partial charge in [0.05, 0.1) is 12.2 Å². The Bertz CT molecular complexity index is 948. The lowest BCUT2D eigenvalue weighted by molar-refractivity contribution is -0.132. The highest BCUT2D eigenvalue weighted by atomic mass is 16.2. The molecule has 6 heteroatoms. The molecule has 0 N–H and O–H groups in total. The number of likely N-dealkylation sites (tertiary alicyclic amines) is 1. The molecule has 0 spiro atoms. The fourth-order valence-corrected chi connectivity index (χ4v) is 5.90. The number of aryl methyl sites for hydroxylation is 1. The summed E-state index contributed by atoms with van der Waals surface area (Å²) in [4.78, 5) is 31.8. The van der Waals surface area contributed by atoms with Gasteiger partial charge in [0.2, 0.25) is 5.91 Å². The highest BCUT2D eigenvalue weighted by Gasteiger charge is 2.29. The first-order valence-electron chi connectivity index (χ1n) is 13.0. The topological polar surface area (TPSA) is 62.2 Å². The van der Waals surface area contributed by atoms with Gasteiger partial charge in [-0.05, 0) is 57.1 Å². The molecule has 0 radical (unpaired) electrons. The number of hydrogen-bond acceptors (Lipinski definition) is 5. The second-order valence-electron chi connectivity index (χ2n) is 10.2. The summed E-state index contributed by atoms with van der Waals surface area (Å²) >= 11 is 0. The van der Waals surface area contributed by atoms with Gasteiger partial charge < -0.3 is 9.80 Å². The van der Waals surface area contributed by atoms with Crippen LogP contribution in [0.4, 0.5) is 5.82 Å². The number of piperidine rings is 1. The van der Waals surface area contributed by atoms with Crippen LogP contribution in [0.1, 0.15) is 86.5 Å². The van der Waals surface area contributed by atoms with Gasteiger partial charge >= 0.3 is 0 Å². The Morgan fingerprint density at radius 2 is 1.85 bits per heavy atom. The number of fused-ring (bicyclic) bond motifs is 1. The minimum Gasteiger partial charge on any atom is -0.350 e. The molecule has 5 rings (SSSR count). The Morgan fingerprint density at radius 1 is 1.03 bits per heavy atom. The van der Waals surface area contributed by atoms with E-state index in [1.165, 1.54) is 31.2 Å². The van der Waals surface area contributed by atoms with Gasteiger partial charge in [-0.2, -0.15) is 0 Å². The van der Waals surface area contributed by atoms with E-state index in [2.05, 4.69) is 27.8 Å². The van der Waals surface area contributed by atoms with E-state index in [0.29, 0.717) is 11.8 Å². The van der Waals surface area contributed by atoms with Crippen molar-refractivity contribution in [2.75, 3.05) is 24.5 Å². The van der Waals surface area contributed by atoms with Crippen molar-refractivity contribution in [3.8, 4) is 0 Å². The summed E-state index contributed by atoms with van der Waals surface area (Å²) in [6, 6.07) is 6.10. The van der Waals surface area contributed by atoms with E-state index in [9.17, 15) is 4.79 Å². The van der Waals surface area contributed by atoms with Gasteiger partial charge in [-0.15, -0.1) is 0 Å². The molecule has 2 fully saturated rings. The number of amides is 1. The average molecular weight is 448 g/mol. The number of rotatable bonds is 6. The van der Waals surface area contributed by atoms with Crippen molar-refractivity contribution in [1.82, 2.24) is 19.9 Å².